The van der Waals surface area contributed by atoms with Gasteiger partial charge in [-0.2, -0.15) is 0 Å². The van der Waals surface area contributed by atoms with Crippen LogP contribution in [-0.2, 0) is 9.59 Å². The van der Waals surface area contributed by atoms with E-state index in [2.05, 4.69) is 5.32 Å². The first-order valence-electron chi connectivity index (χ1n) is 7.15. The highest BCUT2D eigenvalue weighted by atomic mass is 16.2. The van der Waals surface area contributed by atoms with Crippen molar-refractivity contribution < 1.29 is 9.59 Å². The molecule has 0 aromatic heterocycles. The zero-order chi connectivity index (χ0) is 14.4. The monoisotopic (exact) mass is 269 g/mol. The van der Waals surface area contributed by atoms with Gasteiger partial charge in [0.25, 0.3) is 0 Å². The van der Waals surface area contributed by atoms with E-state index in [1.165, 1.54) is 17.7 Å². The Morgan fingerprint density at radius 2 is 1.79 bits per heavy atom. The fourth-order valence-electron chi connectivity index (χ4n) is 2.45. The molecule has 1 aliphatic heterocycles. The maximum atomic E-state index is 12.0. The standard InChI is InChI=1S/C14H27N3O2/c1-11(2)9-16(3)13(18)14(19)17(4)10-12-7-5-6-8-15-12/h11-12,15H,5-10H2,1-4H3. The number of piperidine rings is 1. The number of carbonyl (C=O) groups is 2. The summed E-state index contributed by atoms with van der Waals surface area (Å²) in [5.41, 5.74) is 0. The molecule has 0 aliphatic carbocycles. The third kappa shape index (κ3) is 5.19. The molecule has 110 valence electrons. The molecule has 1 saturated heterocycles. The highest BCUT2D eigenvalue weighted by Gasteiger charge is 2.25. The number of hydrogen-bond acceptors (Lipinski definition) is 3. The molecule has 0 radical (unpaired) electrons. The van der Waals surface area contributed by atoms with Crippen molar-refractivity contribution in [2.45, 2.75) is 39.2 Å². The lowest BCUT2D eigenvalue weighted by Gasteiger charge is -2.29. The molecule has 19 heavy (non-hydrogen) atoms. The first-order chi connectivity index (χ1) is 8.91. The summed E-state index contributed by atoms with van der Waals surface area (Å²) in [4.78, 5) is 27.1. The van der Waals surface area contributed by atoms with E-state index in [0.717, 1.165) is 13.0 Å². The van der Waals surface area contributed by atoms with Gasteiger partial charge < -0.3 is 15.1 Å². The molecular weight excluding hydrogens is 242 g/mol. The summed E-state index contributed by atoms with van der Waals surface area (Å²) < 4.78 is 0. The summed E-state index contributed by atoms with van der Waals surface area (Å²) >= 11 is 0. The molecule has 5 heteroatoms. The second-order valence-electron chi connectivity index (χ2n) is 5.91. The smallest absolute Gasteiger partial charge is 0.311 e. The van der Waals surface area contributed by atoms with Gasteiger partial charge in [-0.1, -0.05) is 20.3 Å². The van der Waals surface area contributed by atoms with Crippen LogP contribution in [0.15, 0.2) is 0 Å². The SMILES string of the molecule is CC(C)CN(C)C(=O)C(=O)N(C)CC1CCCCN1. The third-order valence-electron chi connectivity index (χ3n) is 3.42. The Bertz CT molecular complexity index is 312. The van der Waals surface area contributed by atoms with Gasteiger partial charge in [0.1, 0.15) is 0 Å². The van der Waals surface area contributed by atoms with Crippen LogP contribution in [-0.4, -0.2) is 61.4 Å². The van der Waals surface area contributed by atoms with Crippen LogP contribution in [0.25, 0.3) is 0 Å². The Morgan fingerprint density at radius 3 is 2.32 bits per heavy atom. The quantitative estimate of drug-likeness (QED) is 0.765. The van der Waals surface area contributed by atoms with Crippen LogP contribution in [0, 0.1) is 5.92 Å². The van der Waals surface area contributed by atoms with Crippen LogP contribution in [0.1, 0.15) is 33.1 Å². The van der Waals surface area contributed by atoms with Crippen molar-refractivity contribution in [2.75, 3.05) is 33.7 Å². The van der Waals surface area contributed by atoms with Gasteiger partial charge in [-0.05, 0) is 25.3 Å². The molecule has 0 bridgehead atoms. The second kappa shape index (κ2) is 7.48. The molecule has 0 aromatic rings. The highest BCUT2D eigenvalue weighted by Crippen LogP contribution is 2.08. The maximum absolute atomic E-state index is 12.0. The molecule has 1 atom stereocenters. The lowest BCUT2D eigenvalue weighted by molar-refractivity contribution is -0.150. The van der Waals surface area contributed by atoms with Crippen molar-refractivity contribution in [2.24, 2.45) is 5.92 Å². The van der Waals surface area contributed by atoms with E-state index in [-0.39, 0.29) is 0 Å². The third-order valence-corrected chi connectivity index (χ3v) is 3.42. The molecule has 5 nitrogen and oxygen atoms in total. The number of hydrogen-bond donors (Lipinski definition) is 1. The van der Waals surface area contributed by atoms with E-state index in [0.29, 0.717) is 25.0 Å². The molecule has 1 aliphatic rings. The summed E-state index contributed by atoms with van der Waals surface area (Å²) in [5, 5.41) is 3.39. The van der Waals surface area contributed by atoms with Crippen molar-refractivity contribution in [1.29, 1.82) is 0 Å². The molecule has 0 aromatic carbocycles. The van der Waals surface area contributed by atoms with E-state index < -0.39 is 11.8 Å². The summed E-state index contributed by atoms with van der Waals surface area (Å²) in [6.07, 6.45) is 3.47. The normalized spacial score (nSPS) is 19.3. The fraction of sp³-hybridized carbons (Fsp3) is 0.857. The molecule has 0 spiro atoms. The zero-order valence-corrected chi connectivity index (χ0v) is 12.6. The minimum Gasteiger partial charge on any atom is -0.337 e. The van der Waals surface area contributed by atoms with Gasteiger partial charge in [-0.3, -0.25) is 9.59 Å². The van der Waals surface area contributed by atoms with Crippen molar-refractivity contribution in [3.8, 4) is 0 Å². The van der Waals surface area contributed by atoms with Gasteiger partial charge in [0.05, 0.1) is 0 Å². The van der Waals surface area contributed by atoms with Crippen molar-refractivity contribution in [3.05, 3.63) is 0 Å². The van der Waals surface area contributed by atoms with Crippen molar-refractivity contribution in [3.63, 3.8) is 0 Å². The summed E-state index contributed by atoms with van der Waals surface area (Å²) in [6.45, 7) is 6.29. The van der Waals surface area contributed by atoms with Crippen molar-refractivity contribution in [1.82, 2.24) is 15.1 Å². The van der Waals surface area contributed by atoms with Crippen LogP contribution in [0.4, 0.5) is 0 Å². The molecule has 2 amide bonds. The van der Waals surface area contributed by atoms with Gasteiger partial charge in [0.2, 0.25) is 0 Å². The number of amides is 2. The lowest BCUT2D eigenvalue weighted by Crippen LogP contribution is -2.49. The Morgan fingerprint density at radius 1 is 1.16 bits per heavy atom. The van der Waals surface area contributed by atoms with E-state index in [1.807, 2.05) is 13.8 Å². The van der Waals surface area contributed by atoms with Gasteiger partial charge >= 0.3 is 11.8 Å². The van der Waals surface area contributed by atoms with Crippen LogP contribution in [0.2, 0.25) is 0 Å². The largest absolute Gasteiger partial charge is 0.337 e. The van der Waals surface area contributed by atoms with Crippen LogP contribution in [0.5, 0.6) is 0 Å². The van der Waals surface area contributed by atoms with Crippen LogP contribution in [0.3, 0.4) is 0 Å². The molecule has 1 heterocycles. The second-order valence-corrected chi connectivity index (χ2v) is 5.91. The van der Waals surface area contributed by atoms with E-state index in [1.54, 1.807) is 19.0 Å². The average Bonchev–Trinajstić information content (AvgIpc) is 2.37. The molecule has 1 unspecified atom stereocenters. The molecule has 1 fully saturated rings. The fourth-order valence-corrected chi connectivity index (χ4v) is 2.45. The van der Waals surface area contributed by atoms with Gasteiger partial charge in [0.15, 0.2) is 0 Å². The minimum absolute atomic E-state index is 0.325. The topological polar surface area (TPSA) is 52.7 Å². The molecule has 1 rings (SSSR count). The van der Waals surface area contributed by atoms with Gasteiger partial charge in [0, 0.05) is 33.2 Å². The van der Waals surface area contributed by atoms with E-state index in [4.69, 9.17) is 0 Å². The molecular formula is C14H27N3O2. The highest BCUT2D eigenvalue weighted by molar-refractivity contribution is 6.34. The number of rotatable bonds is 4. The van der Waals surface area contributed by atoms with E-state index in [9.17, 15) is 9.59 Å². The maximum Gasteiger partial charge on any atom is 0.311 e. The van der Waals surface area contributed by atoms with Crippen molar-refractivity contribution >= 4 is 11.8 Å². The first-order valence-corrected chi connectivity index (χ1v) is 7.15. The summed E-state index contributed by atoms with van der Waals surface area (Å²) in [5.74, 6) is -0.449. The van der Waals surface area contributed by atoms with E-state index >= 15 is 0 Å². The van der Waals surface area contributed by atoms with Gasteiger partial charge in [-0.25, -0.2) is 0 Å². The Hall–Kier alpha value is -1.10. The Kier molecular flexibility index (Phi) is 6.28. The molecule has 1 N–H and O–H groups in total. The first kappa shape index (κ1) is 16.0. The van der Waals surface area contributed by atoms with Crippen LogP contribution < -0.4 is 5.32 Å². The zero-order valence-electron chi connectivity index (χ0n) is 12.6. The number of likely N-dealkylation sites (N-methyl/N-ethyl adjacent to an activating group) is 2. The number of nitrogens with zero attached hydrogens (tertiary/aromatic N) is 2. The number of nitrogens with one attached hydrogen (secondary N) is 1. The lowest BCUT2D eigenvalue weighted by atomic mass is 10.0. The summed E-state index contributed by atoms with van der Waals surface area (Å²) in [6, 6.07) is 0.325. The van der Waals surface area contributed by atoms with Gasteiger partial charge in [-0.15, -0.1) is 0 Å². The summed E-state index contributed by atoms with van der Waals surface area (Å²) in [7, 11) is 3.40. The Labute approximate surface area is 116 Å². The number of carbonyl (C=O) groups excluding carboxylic acids is 2. The Balaban J connectivity index is 2.44. The average molecular weight is 269 g/mol. The predicted octanol–water partition coefficient (Wildman–Crippen LogP) is 0.701. The molecule has 0 saturated carbocycles. The minimum atomic E-state index is -0.410. The predicted molar refractivity (Wildman–Crippen MR) is 75.8 cm³/mol. The van der Waals surface area contributed by atoms with Crippen LogP contribution >= 0.6 is 0 Å².